The topological polar surface area (TPSA) is 82.0 Å². The van der Waals surface area contributed by atoms with Crippen LogP contribution in [-0.4, -0.2) is 10.9 Å². The van der Waals surface area contributed by atoms with Gasteiger partial charge in [0.1, 0.15) is 5.82 Å². The molecule has 0 radical (unpaired) electrons. The molecule has 0 spiro atoms. The van der Waals surface area contributed by atoms with Crippen LogP contribution in [0.4, 0.5) is 5.82 Å². The molecule has 4 nitrogen and oxygen atoms in total. The first kappa shape index (κ1) is 16.9. The van der Waals surface area contributed by atoms with Gasteiger partial charge in [-0.1, -0.05) is 53.5 Å². The molecule has 2 aromatic carbocycles. The highest BCUT2D eigenvalue weighted by atomic mass is 35.5. The predicted molar refractivity (Wildman–Crippen MR) is 105 cm³/mol. The number of rotatable bonds is 2. The van der Waals surface area contributed by atoms with Gasteiger partial charge < -0.3 is 11.5 Å². The Morgan fingerprint density at radius 3 is 2.62 bits per heavy atom. The number of halogens is 2. The molecule has 1 aliphatic carbocycles. The number of amides is 1. The number of carbonyl (C=O) groups excluding carboxylic acids is 1. The lowest BCUT2D eigenvalue weighted by molar-refractivity contribution is 0.100. The van der Waals surface area contributed by atoms with Gasteiger partial charge in [-0.25, -0.2) is 4.98 Å². The third kappa shape index (κ3) is 2.62. The van der Waals surface area contributed by atoms with E-state index in [4.69, 9.17) is 34.7 Å². The van der Waals surface area contributed by atoms with Gasteiger partial charge in [-0.2, -0.15) is 0 Å². The molecule has 0 fully saturated rings. The van der Waals surface area contributed by atoms with Crippen LogP contribution < -0.4 is 11.5 Å². The second kappa shape index (κ2) is 6.31. The van der Waals surface area contributed by atoms with Crippen LogP contribution in [0.5, 0.6) is 0 Å². The second-order valence-corrected chi connectivity index (χ2v) is 7.11. The summed E-state index contributed by atoms with van der Waals surface area (Å²) in [7, 11) is 0. The van der Waals surface area contributed by atoms with Crippen molar-refractivity contribution < 1.29 is 4.79 Å². The Bertz CT molecular complexity index is 1050. The number of benzene rings is 2. The number of hydrogen-bond donors (Lipinski definition) is 2. The number of hydrogen-bond acceptors (Lipinski definition) is 3. The number of primary amides is 1. The van der Waals surface area contributed by atoms with Gasteiger partial charge in [0.25, 0.3) is 5.91 Å². The maximum Gasteiger partial charge on any atom is 0.253 e. The van der Waals surface area contributed by atoms with Gasteiger partial charge in [-0.15, -0.1) is 0 Å². The highest BCUT2D eigenvalue weighted by Gasteiger charge is 2.30. The number of fused-ring (bicyclic) bond motifs is 3. The molecule has 1 aromatic heterocycles. The Balaban J connectivity index is 1.96. The molecule has 1 unspecified atom stereocenters. The molecular weight excluding hydrogens is 369 g/mol. The average Bonchev–Trinajstić information content (AvgIpc) is 2.63. The van der Waals surface area contributed by atoms with E-state index in [-0.39, 0.29) is 17.3 Å². The van der Waals surface area contributed by atoms with Gasteiger partial charge in [0, 0.05) is 17.7 Å². The molecule has 0 bridgehead atoms. The fourth-order valence-corrected chi connectivity index (χ4v) is 3.97. The fraction of sp³-hybridized carbons (Fsp3) is 0.100. The van der Waals surface area contributed by atoms with Crippen molar-refractivity contribution in [3.05, 3.63) is 81.0 Å². The molecule has 1 heterocycles. The summed E-state index contributed by atoms with van der Waals surface area (Å²) < 4.78 is 0. The van der Waals surface area contributed by atoms with E-state index in [1.54, 1.807) is 12.3 Å². The van der Waals surface area contributed by atoms with Crippen LogP contribution in [-0.2, 0) is 6.42 Å². The third-order valence-electron chi connectivity index (χ3n) is 4.81. The molecule has 26 heavy (non-hydrogen) atoms. The van der Waals surface area contributed by atoms with E-state index in [0.717, 1.165) is 27.8 Å². The van der Waals surface area contributed by atoms with Crippen molar-refractivity contribution in [2.45, 2.75) is 12.3 Å². The molecule has 1 amide bonds. The smallest absolute Gasteiger partial charge is 0.253 e. The summed E-state index contributed by atoms with van der Waals surface area (Å²) in [5, 5.41) is 1.03. The van der Waals surface area contributed by atoms with Gasteiger partial charge in [0.05, 0.1) is 15.6 Å². The molecular formula is C20H15Cl2N3O. The van der Waals surface area contributed by atoms with Crippen LogP contribution in [0.15, 0.2) is 48.7 Å². The largest absolute Gasteiger partial charge is 0.383 e. The Morgan fingerprint density at radius 2 is 1.88 bits per heavy atom. The SMILES string of the molecule is NC(=O)c1c(N)ncc2c1-c1ccccc1C(c1ccc(Cl)c(Cl)c1)C2. The third-order valence-corrected chi connectivity index (χ3v) is 5.55. The second-order valence-electron chi connectivity index (χ2n) is 6.30. The van der Waals surface area contributed by atoms with Crippen molar-refractivity contribution in [3.63, 3.8) is 0 Å². The lowest BCUT2D eigenvalue weighted by Crippen LogP contribution is -2.21. The van der Waals surface area contributed by atoms with Gasteiger partial charge in [0.15, 0.2) is 0 Å². The summed E-state index contributed by atoms with van der Waals surface area (Å²) in [6, 6.07) is 13.6. The van der Waals surface area contributed by atoms with E-state index < -0.39 is 5.91 Å². The van der Waals surface area contributed by atoms with Gasteiger partial charge in [0.2, 0.25) is 0 Å². The number of aromatic nitrogens is 1. The zero-order valence-electron chi connectivity index (χ0n) is 13.7. The van der Waals surface area contributed by atoms with Gasteiger partial charge in [-0.05, 0) is 40.8 Å². The first-order chi connectivity index (χ1) is 12.5. The normalized spacial score (nSPS) is 15.2. The molecule has 4 N–H and O–H groups in total. The molecule has 3 aromatic rings. The van der Waals surface area contributed by atoms with E-state index in [2.05, 4.69) is 4.98 Å². The molecule has 6 heteroatoms. The lowest BCUT2D eigenvalue weighted by Gasteiger charge is -2.29. The summed E-state index contributed by atoms with van der Waals surface area (Å²) in [6.07, 6.45) is 2.38. The van der Waals surface area contributed by atoms with Crippen molar-refractivity contribution in [1.82, 2.24) is 4.98 Å². The Hall–Kier alpha value is -2.56. The van der Waals surface area contributed by atoms with Crippen LogP contribution in [0.1, 0.15) is 33.0 Å². The summed E-state index contributed by atoms with van der Waals surface area (Å²) >= 11 is 12.3. The molecule has 0 saturated carbocycles. The van der Waals surface area contributed by atoms with E-state index in [0.29, 0.717) is 16.5 Å². The summed E-state index contributed by atoms with van der Waals surface area (Å²) in [5.41, 5.74) is 16.6. The number of nitrogens with two attached hydrogens (primary N) is 2. The minimum atomic E-state index is -0.574. The van der Waals surface area contributed by atoms with Crippen LogP contribution in [0, 0.1) is 0 Å². The first-order valence-corrected chi connectivity index (χ1v) is 8.84. The minimum Gasteiger partial charge on any atom is -0.383 e. The van der Waals surface area contributed by atoms with Crippen molar-refractivity contribution in [2.24, 2.45) is 5.73 Å². The highest BCUT2D eigenvalue weighted by Crippen LogP contribution is 2.45. The van der Waals surface area contributed by atoms with Crippen LogP contribution in [0.2, 0.25) is 10.0 Å². The maximum absolute atomic E-state index is 12.0. The van der Waals surface area contributed by atoms with E-state index >= 15 is 0 Å². The van der Waals surface area contributed by atoms with Crippen molar-refractivity contribution in [1.29, 1.82) is 0 Å². The van der Waals surface area contributed by atoms with Crippen molar-refractivity contribution in [3.8, 4) is 11.1 Å². The predicted octanol–water partition coefficient (Wildman–Crippen LogP) is 4.42. The molecule has 4 rings (SSSR count). The molecule has 1 aliphatic rings. The van der Waals surface area contributed by atoms with Gasteiger partial charge in [-0.3, -0.25) is 4.79 Å². The number of pyridine rings is 1. The Labute approximate surface area is 160 Å². The molecule has 0 aliphatic heterocycles. The van der Waals surface area contributed by atoms with E-state index in [9.17, 15) is 4.79 Å². The number of anilines is 1. The molecule has 1 atom stereocenters. The minimum absolute atomic E-state index is 0.0691. The van der Waals surface area contributed by atoms with E-state index in [1.807, 2.05) is 36.4 Å². The first-order valence-electron chi connectivity index (χ1n) is 8.08. The summed E-state index contributed by atoms with van der Waals surface area (Å²) in [4.78, 5) is 16.2. The van der Waals surface area contributed by atoms with Gasteiger partial charge >= 0.3 is 0 Å². The number of carbonyl (C=O) groups is 1. The lowest BCUT2D eigenvalue weighted by atomic mass is 9.75. The standard InChI is InChI=1S/C20H15Cl2N3O/c21-15-6-5-10(8-16(15)22)14-7-11-9-25-19(23)18(20(24)26)17(11)13-4-2-1-3-12(13)14/h1-6,8-9,14H,7H2,(H2,23,25)(H2,24,26). The van der Waals surface area contributed by atoms with Crippen LogP contribution in [0.25, 0.3) is 11.1 Å². The maximum atomic E-state index is 12.0. The highest BCUT2D eigenvalue weighted by molar-refractivity contribution is 6.42. The monoisotopic (exact) mass is 383 g/mol. The van der Waals surface area contributed by atoms with Crippen LogP contribution in [0.3, 0.4) is 0 Å². The molecule has 130 valence electrons. The quantitative estimate of drug-likeness (QED) is 0.686. The molecule has 0 saturated heterocycles. The Kier molecular flexibility index (Phi) is 4.10. The number of nitrogen functional groups attached to an aromatic ring is 1. The summed E-state index contributed by atoms with van der Waals surface area (Å²) in [6.45, 7) is 0. The van der Waals surface area contributed by atoms with Crippen molar-refractivity contribution in [2.75, 3.05) is 5.73 Å². The van der Waals surface area contributed by atoms with Crippen molar-refractivity contribution >= 4 is 34.9 Å². The number of nitrogens with zero attached hydrogens (tertiary/aromatic N) is 1. The van der Waals surface area contributed by atoms with Crippen LogP contribution >= 0.6 is 23.2 Å². The van der Waals surface area contributed by atoms with E-state index in [1.165, 1.54) is 0 Å². The summed E-state index contributed by atoms with van der Waals surface area (Å²) in [5.74, 6) is -0.353. The Morgan fingerprint density at radius 1 is 1.12 bits per heavy atom. The average molecular weight is 384 g/mol. The fourth-order valence-electron chi connectivity index (χ4n) is 3.66. The zero-order valence-corrected chi connectivity index (χ0v) is 15.2. The zero-order chi connectivity index (χ0) is 18.4.